The quantitative estimate of drug-likeness (QED) is 0.734. The van der Waals surface area contributed by atoms with Crippen LogP contribution in [-0.2, 0) is 4.74 Å². The van der Waals surface area contributed by atoms with E-state index in [0.29, 0.717) is 29.9 Å². The van der Waals surface area contributed by atoms with Gasteiger partial charge in [0.1, 0.15) is 11.4 Å². The van der Waals surface area contributed by atoms with E-state index in [0.717, 1.165) is 10.2 Å². The molecule has 0 N–H and O–H groups in total. The van der Waals surface area contributed by atoms with Gasteiger partial charge in [-0.05, 0) is 41.8 Å². The molecule has 0 amide bonds. The molecule has 1 aromatic heterocycles. The fourth-order valence-corrected chi connectivity index (χ4v) is 2.95. The fraction of sp³-hybridized carbons (Fsp3) is 0.600. The number of rotatable bonds is 2. The summed E-state index contributed by atoms with van der Waals surface area (Å²) in [5.41, 5.74) is 1.77. The maximum Gasteiger partial charge on any atom is 0.341 e. The lowest BCUT2D eigenvalue weighted by molar-refractivity contribution is -0.0102. The minimum Gasteiger partial charge on any atom is -0.465 e. The maximum atomic E-state index is 13.6. The lowest BCUT2D eigenvalue weighted by atomic mass is 10.1. The predicted octanol–water partition coefficient (Wildman–Crippen LogP) is 3.87. The summed E-state index contributed by atoms with van der Waals surface area (Å²) in [7, 11) is 1.30. The second-order valence-corrected chi connectivity index (χ2v) is 6.32. The van der Waals surface area contributed by atoms with E-state index in [1.165, 1.54) is 7.11 Å². The number of carbonyl (C=O) groups is 1. The number of hydrogen-bond donors (Lipinski definition) is 0. The summed E-state index contributed by atoms with van der Waals surface area (Å²) in [6.07, 6.45) is -0.00153. The zero-order chi connectivity index (χ0) is 16.5. The zero-order valence-electron chi connectivity index (χ0n) is 12.9. The molecule has 7 heteroatoms. The van der Waals surface area contributed by atoms with Gasteiger partial charge in [-0.1, -0.05) is 0 Å². The zero-order valence-corrected chi connectivity index (χ0v) is 14.5. The molecule has 1 aliphatic rings. The van der Waals surface area contributed by atoms with Crippen molar-refractivity contribution in [2.45, 2.75) is 39.0 Å². The van der Waals surface area contributed by atoms with E-state index in [9.17, 15) is 13.6 Å². The van der Waals surface area contributed by atoms with Crippen molar-refractivity contribution in [2.75, 3.05) is 25.1 Å². The second kappa shape index (κ2) is 6.48. The summed E-state index contributed by atoms with van der Waals surface area (Å²) in [6.45, 7) is 4.23. The summed E-state index contributed by atoms with van der Waals surface area (Å²) in [6, 6.07) is 0. The summed E-state index contributed by atoms with van der Waals surface area (Å²) < 4.78 is 32.7. The van der Waals surface area contributed by atoms with Crippen molar-refractivity contribution in [1.29, 1.82) is 0 Å². The Balaban J connectivity index is 2.47. The molecule has 0 bridgehead atoms. The largest absolute Gasteiger partial charge is 0.465 e. The van der Waals surface area contributed by atoms with E-state index >= 15 is 0 Å². The van der Waals surface area contributed by atoms with Crippen LogP contribution >= 0.6 is 15.9 Å². The number of pyridine rings is 1. The average Bonchev–Trinajstić information content (AvgIpc) is 2.64. The van der Waals surface area contributed by atoms with Gasteiger partial charge in [-0.25, -0.2) is 18.6 Å². The molecule has 1 aromatic rings. The summed E-state index contributed by atoms with van der Waals surface area (Å²) in [5.74, 6) is -2.72. The van der Waals surface area contributed by atoms with Crippen molar-refractivity contribution < 1.29 is 18.3 Å². The number of alkyl halides is 2. The molecule has 4 nitrogen and oxygen atoms in total. The molecule has 0 radical (unpaired) electrons. The van der Waals surface area contributed by atoms with Crippen LogP contribution in [0.15, 0.2) is 4.47 Å². The maximum absolute atomic E-state index is 13.6. The van der Waals surface area contributed by atoms with Gasteiger partial charge in [0.25, 0.3) is 0 Å². The molecule has 1 saturated heterocycles. The molecule has 22 heavy (non-hydrogen) atoms. The van der Waals surface area contributed by atoms with Gasteiger partial charge in [-0.3, -0.25) is 0 Å². The van der Waals surface area contributed by atoms with Gasteiger partial charge in [0.05, 0.1) is 12.8 Å². The number of carbonyl (C=O) groups excluding carboxylic acids is 1. The smallest absolute Gasteiger partial charge is 0.341 e. The van der Waals surface area contributed by atoms with Crippen LogP contribution in [0, 0.1) is 13.8 Å². The number of ether oxygens (including phenoxy) is 1. The van der Waals surface area contributed by atoms with Crippen molar-refractivity contribution in [2.24, 2.45) is 0 Å². The summed E-state index contributed by atoms with van der Waals surface area (Å²) in [5, 5.41) is 0. The van der Waals surface area contributed by atoms with Crippen LogP contribution < -0.4 is 4.90 Å². The van der Waals surface area contributed by atoms with Crippen molar-refractivity contribution in [3.05, 3.63) is 21.3 Å². The van der Waals surface area contributed by atoms with Crippen LogP contribution in [0.25, 0.3) is 0 Å². The third kappa shape index (κ3) is 3.39. The van der Waals surface area contributed by atoms with E-state index in [4.69, 9.17) is 4.74 Å². The summed E-state index contributed by atoms with van der Waals surface area (Å²) >= 11 is 3.41. The molecule has 2 rings (SSSR count). The number of aromatic nitrogens is 1. The molecular formula is C15H19BrF2N2O2. The Morgan fingerprint density at radius 1 is 1.32 bits per heavy atom. The molecule has 0 aliphatic carbocycles. The molecule has 2 heterocycles. The minimum absolute atomic E-state index is 0.133. The lowest BCUT2D eigenvalue weighted by Crippen LogP contribution is -2.29. The normalized spacial score (nSPS) is 18.0. The Kier molecular flexibility index (Phi) is 5.04. The third-order valence-corrected chi connectivity index (χ3v) is 5.09. The Hall–Kier alpha value is -1.24. The highest BCUT2D eigenvalue weighted by Crippen LogP contribution is 2.34. The van der Waals surface area contributed by atoms with Crippen LogP contribution in [0.4, 0.5) is 14.6 Å². The third-order valence-electron chi connectivity index (χ3n) is 3.93. The van der Waals surface area contributed by atoms with Gasteiger partial charge in [0.2, 0.25) is 5.92 Å². The monoisotopic (exact) mass is 376 g/mol. The number of hydrogen-bond acceptors (Lipinski definition) is 4. The van der Waals surface area contributed by atoms with Gasteiger partial charge in [-0.2, -0.15) is 0 Å². The number of halogens is 3. The molecule has 0 saturated carbocycles. The second-order valence-electron chi connectivity index (χ2n) is 5.52. The van der Waals surface area contributed by atoms with Gasteiger partial charge < -0.3 is 9.64 Å². The topological polar surface area (TPSA) is 42.4 Å². The van der Waals surface area contributed by atoms with E-state index in [1.54, 1.807) is 11.8 Å². The van der Waals surface area contributed by atoms with Crippen LogP contribution in [0.5, 0.6) is 0 Å². The highest BCUT2D eigenvalue weighted by atomic mass is 79.9. The number of aryl methyl sites for hydroxylation is 1. The van der Waals surface area contributed by atoms with Crippen LogP contribution in [0.2, 0.25) is 0 Å². The van der Waals surface area contributed by atoms with Gasteiger partial charge in [0.15, 0.2) is 0 Å². The van der Waals surface area contributed by atoms with Gasteiger partial charge >= 0.3 is 5.97 Å². The lowest BCUT2D eigenvalue weighted by Gasteiger charge is -2.25. The Bertz CT molecular complexity index is 593. The number of methoxy groups -OCH3 is 1. The first-order valence-electron chi connectivity index (χ1n) is 7.14. The standard InChI is InChI=1S/C15H19BrF2N2O2/c1-9-11(14(21)22-3)13(19-10(2)12(9)16)20-7-4-5-15(17,18)6-8-20/h4-8H2,1-3H3. The average molecular weight is 377 g/mol. The molecule has 0 unspecified atom stereocenters. The minimum atomic E-state index is -2.65. The van der Waals surface area contributed by atoms with E-state index in [-0.39, 0.29) is 19.4 Å². The first kappa shape index (κ1) is 17.1. The highest BCUT2D eigenvalue weighted by Gasteiger charge is 2.33. The van der Waals surface area contributed by atoms with E-state index in [1.807, 2.05) is 6.92 Å². The van der Waals surface area contributed by atoms with Crippen molar-refractivity contribution >= 4 is 27.7 Å². The fourth-order valence-electron chi connectivity index (χ4n) is 2.66. The van der Waals surface area contributed by atoms with Crippen LogP contribution in [-0.4, -0.2) is 37.1 Å². The molecule has 1 aliphatic heterocycles. The Morgan fingerprint density at radius 3 is 2.64 bits per heavy atom. The van der Waals surface area contributed by atoms with Crippen LogP contribution in [0.1, 0.15) is 40.9 Å². The molecule has 122 valence electrons. The molecule has 1 fully saturated rings. The number of esters is 1. The van der Waals surface area contributed by atoms with Crippen molar-refractivity contribution in [1.82, 2.24) is 4.98 Å². The molecule has 0 spiro atoms. The molecule has 0 atom stereocenters. The van der Waals surface area contributed by atoms with Crippen LogP contribution in [0.3, 0.4) is 0 Å². The SMILES string of the molecule is COC(=O)c1c(N2CCCC(F)(F)CC2)nc(C)c(Br)c1C. The van der Waals surface area contributed by atoms with E-state index in [2.05, 4.69) is 20.9 Å². The first-order valence-corrected chi connectivity index (χ1v) is 7.94. The van der Waals surface area contributed by atoms with Crippen molar-refractivity contribution in [3.8, 4) is 0 Å². The van der Waals surface area contributed by atoms with E-state index < -0.39 is 11.9 Å². The van der Waals surface area contributed by atoms with Gasteiger partial charge in [0, 0.05) is 30.4 Å². The Morgan fingerprint density at radius 2 is 2.00 bits per heavy atom. The Labute approximate surface area is 137 Å². The van der Waals surface area contributed by atoms with Crippen molar-refractivity contribution in [3.63, 3.8) is 0 Å². The highest BCUT2D eigenvalue weighted by molar-refractivity contribution is 9.10. The number of anilines is 1. The first-order chi connectivity index (χ1) is 10.3. The molecule has 0 aromatic carbocycles. The molecular weight excluding hydrogens is 358 g/mol. The number of nitrogens with zero attached hydrogens (tertiary/aromatic N) is 2. The predicted molar refractivity (Wildman–Crippen MR) is 83.8 cm³/mol. The summed E-state index contributed by atoms with van der Waals surface area (Å²) in [4.78, 5) is 18.3. The van der Waals surface area contributed by atoms with Gasteiger partial charge in [-0.15, -0.1) is 0 Å².